The number of allylic oxidation sites excluding steroid dienone is 2. The SMILES string of the molecule is FC(F)(F)c1nnc(C2=CCN(CC#Cc3cccc(Cl)c3)C=C2)o1. The monoisotopic (exact) mass is 365 g/mol. The van der Waals surface area contributed by atoms with Gasteiger partial charge in [-0.05, 0) is 24.3 Å². The summed E-state index contributed by atoms with van der Waals surface area (Å²) in [5, 5.41) is 7.06. The zero-order chi connectivity index (χ0) is 17.9. The molecule has 0 unspecified atom stereocenters. The van der Waals surface area contributed by atoms with Gasteiger partial charge in [0.05, 0.1) is 6.54 Å². The summed E-state index contributed by atoms with van der Waals surface area (Å²) in [5.41, 5.74) is 1.26. The minimum atomic E-state index is -4.65. The van der Waals surface area contributed by atoms with E-state index in [1.54, 1.807) is 30.5 Å². The highest BCUT2D eigenvalue weighted by molar-refractivity contribution is 6.30. The molecule has 0 atom stereocenters. The third-order valence-electron chi connectivity index (χ3n) is 3.26. The summed E-state index contributed by atoms with van der Waals surface area (Å²) in [6, 6.07) is 7.22. The number of nitrogens with zero attached hydrogens (tertiary/aromatic N) is 3. The summed E-state index contributed by atoms with van der Waals surface area (Å²) >= 11 is 5.89. The van der Waals surface area contributed by atoms with Gasteiger partial charge in [-0.15, -0.1) is 10.2 Å². The molecule has 3 rings (SSSR count). The molecule has 0 fully saturated rings. The van der Waals surface area contributed by atoms with Crippen molar-refractivity contribution in [3.8, 4) is 11.8 Å². The van der Waals surface area contributed by atoms with Crippen molar-refractivity contribution in [3.05, 3.63) is 65.0 Å². The molecule has 0 aliphatic carbocycles. The normalized spacial score (nSPS) is 14.1. The second-order valence-electron chi connectivity index (χ2n) is 5.13. The van der Waals surface area contributed by atoms with Gasteiger partial charge in [-0.3, -0.25) is 0 Å². The van der Waals surface area contributed by atoms with E-state index in [9.17, 15) is 13.2 Å². The Bertz CT molecular complexity index is 890. The lowest BCUT2D eigenvalue weighted by Crippen LogP contribution is -2.20. The maximum atomic E-state index is 12.5. The van der Waals surface area contributed by atoms with E-state index in [1.807, 2.05) is 17.0 Å². The first kappa shape index (κ1) is 17.1. The highest BCUT2D eigenvalue weighted by Crippen LogP contribution is 2.29. The standard InChI is InChI=1S/C17H11ClF3N3O/c18-14-5-1-3-12(11-14)4-2-8-24-9-6-13(7-10-24)15-22-23-16(25-15)17(19,20)21/h1,3,5-7,9,11H,8,10H2. The predicted molar refractivity (Wildman–Crippen MR) is 86.3 cm³/mol. The molecule has 1 aliphatic rings. The molecule has 0 saturated carbocycles. The number of hydrogen-bond acceptors (Lipinski definition) is 4. The summed E-state index contributed by atoms with van der Waals surface area (Å²) in [6.45, 7) is 0.935. The van der Waals surface area contributed by atoms with Crippen molar-refractivity contribution in [1.29, 1.82) is 0 Å². The van der Waals surface area contributed by atoms with Crippen LogP contribution in [-0.2, 0) is 6.18 Å². The Kier molecular flexibility index (Phi) is 4.81. The van der Waals surface area contributed by atoms with Crippen LogP contribution >= 0.6 is 11.6 Å². The van der Waals surface area contributed by atoms with Crippen LogP contribution in [0.4, 0.5) is 13.2 Å². The Morgan fingerprint density at radius 2 is 2.12 bits per heavy atom. The smallest absolute Gasteiger partial charge is 0.413 e. The molecule has 0 bridgehead atoms. The molecule has 0 radical (unpaired) electrons. The van der Waals surface area contributed by atoms with Gasteiger partial charge < -0.3 is 9.32 Å². The van der Waals surface area contributed by atoms with E-state index in [-0.39, 0.29) is 5.89 Å². The molecule has 8 heteroatoms. The van der Waals surface area contributed by atoms with Crippen LogP contribution in [0.2, 0.25) is 5.02 Å². The van der Waals surface area contributed by atoms with Gasteiger partial charge in [0.1, 0.15) is 0 Å². The molecule has 128 valence electrons. The molecule has 25 heavy (non-hydrogen) atoms. The molecule has 1 aromatic heterocycles. The van der Waals surface area contributed by atoms with Crippen molar-refractivity contribution < 1.29 is 17.6 Å². The number of rotatable bonds is 2. The van der Waals surface area contributed by atoms with Crippen LogP contribution in [0, 0.1) is 11.8 Å². The highest BCUT2D eigenvalue weighted by atomic mass is 35.5. The van der Waals surface area contributed by atoms with Crippen molar-refractivity contribution in [2.45, 2.75) is 6.18 Å². The Balaban J connectivity index is 1.60. The van der Waals surface area contributed by atoms with Crippen LogP contribution in [0.3, 0.4) is 0 Å². The van der Waals surface area contributed by atoms with E-state index >= 15 is 0 Å². The third kappa shape index (κ3) is 4.43. The summed E-state index contributed by atoms with van der Waals surface area (Å²) in [6.07, 6.45) is 0.387. The first-order valence-electron chi connectivity index (χ1n) is 7.20. The number of benzene rings is 1. The van der Waals surface area contributed by atoms with Gasteiger partial charge in [-0.1, -0.05) is 35.6 Å². The third-order valence-corrected chi connectivity index (χ3v) is 3.50. The van der Waals surface area contributed by atoms with Crippen molar-refractivity contribution in [1.82, 2.24) is 15.1 Å². The van der Waals surface area contributed by atoms with E-state index in [0.29, 0.717) is 23.7 Å². The lowest BCUT2D eigenvalue weighted by atomic mass is 10.2. The fourth-order valence-corrected chi connectivity index (χ4v) is 2.26. The van der Waals surface area contributed by atoms with Crippen molar-refractivity contribution in [2.75, 3.05) is 13.1 Å². The van der Waals surface area contributed by atoms with Gasteiger partial charge in [0.25, 0.3) is 0 Å². The van der Waals surface area contributed by atoms with Crippen LogP contribution in [0.1, 0.15) is 17.3 Å². The molecular weight excluding hydrogens is 355 g/mol. The van der Waals surface area contributed by atoms with Crippen LogP contribution in [0.5, 0.6) is 0 Å². The largest absolute Gasteiger partial charge is 0.470 e. The number of alkyl halides is 3. The molecule has 0 N–H and O–H groups in total. The first-order chi connectivity index (χ1) is 11.9. The molecule has 4 nitrogen and oxygen atoms in total. The second kappa shape index (κ2) is 7.03. The van der Waals surface area contributed by atoms with E-state index in [2.05, 4.69) is 26.5 Å². The molecule has 1 aliphatic heterocycles. The zero-order valence-electron chi connectivity index (χ0n) is 12.7. The van der Waals surface area contributed by atoms with Crippen molar-refractivity contribution in [2.24, 2.45) is 0 Å². The van der Waals surface area contributed by atoms with Crippen molar-refractivity contribution in [3.63, 3.8) is 0 Å². The van der Waals surface area contributed by atoms with Gasteiger partial charge in [0, 0.05) is 28.9 Å². The first-order valence-corrected chi connectivity index (χ1v) is 7.57. The lowest BCUT2D eigenvalue weighted by Gasteiger charge is -2.18. The summed E-state index contributed by atoms with van der Waals surface area (Å²) in [5.74, 6) is 4.50. The fraction of sp³-hybridized carbons (Fsp3) is 0.176. The molecule has 0 spiro atoms. The predicted octanol–water partition coefficient (Wildman–Crippen LogP) is 4.01. The summed E-state index contributed by atoms with van der Waals surface area (Å²) < 4.78 is 42.1. The number of aromatic nitrogens is 2. The maximum Gasteiger partial charge on any atom is 0.470 e. The second-order valence-corrected chi connectivity index (χ2v) is 5.56. The molecule has 2 heterocycles. The van der Waals surface area contributed by atoms with E-state index < -0.39 is 12.1 Å². The van der Waals surface area contributed by atoms with E-state index in [1.165, 1.54) is 0 Å². The van der Waals surface area contributed by atoms with Crippen LogP contribution in [0.25, 0.3) is 5.57 Å². The Hall–Kier alpha value is -2.72. The van der Waals surface area contributed by atoms with Crippen molar-refractivity contribution >= 4 is 17.2 Å². The van der Waals surface area contributed by atoms with Crippen LogP contribution in [0.15, 0.2) is 47.0 Å². The van der Waals surface area contributed by atoms with Gasteiger partial charge in [0.2, 0.25) is 5.89 Å². The molecule has 0 saturated heterocycles. The van der Waals surface area contributed by atoms with E-state index in [4.69, 9.17) is 11.6 Å². The summed E-state index contributed by atoms with van der Waals surface area (Å²) in [4.78, 5) is 1.89. The van der Waals surface area contributed by atoms with Gasteiger partial charge >= 0.3 is 12.1 Å². The zero-order valence-corrected chi connectivity index (χ0v) is 13.5. The molecule has 2 aromatic rings. The minimum Gasteiger partial charge on any atom is -0.413 e. The molecule has 1 aromatic carbocycles. The maximum absolute atomic E-state index is 12.5. The van der Waals surface area contributed by atoms with Crippen LogP contribution in [-0.4, -0.2) is 28.2 Å². The molecule has 0 amide bonds. The quantitative estimate of drug-likeness (QED) is 0.754. The Labute approximate surface area is 146 Å². The van der Waals surface area contributed by atoms with E-state index in [0.717, 1.165) is 5.56 Å². The topological polar surface area (TPSA) is 42.2 Å². The average molecular weight is 366 g/mol. The number of hydrogen-bond donors (Lipinski definition) is 0. The number of halogens is 4. The van der Waals surface area contributed by atoms with Gasteiger partial charge in [-0.25, -0.2) is 0 Å². The van der Waals surface area contributed by atoms with Gasteiger partial charge in [-0.2, -0.15) is 13.2 Å². The van der Waals surface area contributed by atoms with Gasteiger partial charge in [0.15, 0.2) is 0 Å². The lowest BCUT2D eigenvalue weighted by molar-refractivity contribution is -0.157. The Morgan fingerprint density at radius 1 is 1.28 bits per heavy atom. The molecular formula is C17H11ClF3N3O. The van der Waals surface area contributed by atoms with Crippen LogP contribution < -0.4 is 0 Å². The minimum absolute atomic E-state index is 0.159. The summed E-state index contributed by atoms with van der Waals surface area (Å²) in [7, 11) is 0. The average Bonchev–Trinajstić information content (AvgIpc) is 3.06. The Morgan fingerprint density at radius 3 is 2.76 bits per heavy atom. The highest BCUT2D eigenvalue weighted by Gasteiger charge is 2.38. The fourth-order valence-electron chi connectivity index (χ4n) is 2.07.